The number of thiazole rings is 1. The molecular weight excluding hydrogens is 328 g/mol. The molecule has 24 heavy (non-hydrogen) atoms. The van der Waals surface area contributed by atoms with Gasteiger partial charge in [0.05, 0.1) is 16.8 Å². The Morgan fingerprint density at radius 2 is 2.08 bits per heavy atom. The molecular formula is C17H18N2O4S. The molecule has 1 aliphatic rings. The number of ether oxygens (including phenoxy) is 2. The standard InChI is InChI=1S/C17H18N2O4S/c1-11(16(20)19-13-4-5-13)23-17(21)12-2-6-15(7-3-12)22-8-14-9-24-10-18-14/h2-3,6-7,9-11,13H,4-5,8H2,1H3,(H,19,20)/t11-/m0/s1. The summed E-state index contributed by atoms with van der Waals surface area (Å²) >= 11 is 1.51. The molecule has 0 spiro atoms. The van der Waals surface area contributed by atoms with Crippen molar-refractivity contribution in [3.8, 4) is 5.75 Å². The van der Waals surface area contributed by atoms with E-state index < -0.39 is 12.1 Å². The van der Waals surface area contributed by atoms with Crippen molar-refractivity contribution in [1.29, 1.82) is 0 Å². The molecule has 1 aliphatic carbocycles. The molecule has 3 rings (SSSR count). The van der Waals surface area contributed by atoms with Crippen LogP contribution in [0.3, 0.4) is 0 Å². The van der Waals surface area contributed by atoms with E-state index in [0.29, 0.717) is 17.9 Å². The van der Waals surface area contributed by atoms with Crippen LogP contribution in [-0.2, 0) is 16.1 Å². The Kier molecular flexibility index (Phi) is 5.10. The first-order valence-corrected chi connectivity index (χ1v) is 8.67. The number of benzene rings is 1. The highest BCUT2D eigenvalue weighted by Crippen LogP contribution is 2.19. The summed E-state index contributed by atoms with van der Waals surface area (Å²) < 4.78 is 10.8. The van der Waals surface area contributed by atoms with E-state index in [9.17, 15) is 9.59 Å². The van der Waals surface area contributed by atoms with Crippen LogP contribution in [0, 0.1) is 0 Å². The van der Waals surface area contributed by atoms with Gasteiger partial charge in [-0.05, 0) is 44.0 Å². The second-order valence-corrected chi connectivity index (χ2v) is 6.34. The van der Waals surface area contributed by atoms with E-state index in [1.165, 1.54) is 11.3 Å². The molecule has 1 aromatic carbocycles. The predicted molar refractivity (Wildman–Crippen MR) is 88.9 cm³/mol. The van der Waals surface area contributed by atoms with Crippen LogP contribution in [0.4, 0.5) is 0 Å². The minimum absolute atomic E-state index is 0.243. The van der Waals surface area contributed by atoms with Crippen molar-refractivity contribution in [3.63, 3.8) is 0 Å². The van der Waals surface area contributed by atoms with Crippen LogP contribution in [0.1, 0.15) is 35.8 Å². The lowest BCUT2D eigenvalue weighted by molar-refractivity contribution is -0.129. The lowest BCUT2D eigenvalue weighted by Gasteiger charge is -2.13. The molecule has 0 aliphatic heterocycles. The summed E-state index contributed by atoms with van der Waals surface area (Å²) in [7, 11) is 0. The summed E-state index contributed by atoms with van der Waals surface area (Å²) in [5.41, 5.74) is 2.99. The highest BCUT2D eigenvalue weighted by Gasteiger charge is 2.27. The molecule has 1 saturated carbocycles. The second kappa shape index (κ2) is 7.44. The number of hydrogen-bond acceptors (Lipinski definition) is 6. The summed E-state index contributed by atoms with van der Waals surface area (Å²) in [6.07, 6.45) is 1.18. The van der Waals surface area contributed by atoms with Crippen molar-refractivity contribution in [3.05, 3.63) is 46.4 Å². The summed E-state index contributed by atoms with van der Waals surface area (Å²) in [4.78, 5) is 28.0. The van der Waals surface area contributed by atoms with Crippen molar-refractivity contribution in [2.75, 3.05) is 0 Å². The smallest absolute Gasteiger partial charge is 0.338 e. The zero-order valence-corrected chi connectivity index (χ0v) is 14.0. The number of rotatable bonds is 7. The van der Waals surface area contributed by atoms with E-state index in [0.717, 1.165) is 18.5 Å². The number of carbonyl (C=O) groups is 2. The van der Waals surface area contributed by atoms with Gasteiger partial charge in [0.15, 0.2) is 6.10 Å². The predicted octanol–water partition coefficient (Wildman–Crippen LogP) is 2.55. The fourth-order valence-electron chi connectivity index (χ4n) is 1.98. The van der Waals surface area contributed by atoms with E-state index in [-0.39, 0.29) is 11.9 Å². The molecule has 0 radical (unpaired) electrons. The van der Waals surface area contributed by atoms with Gasteiger partial charge in [0.1, 0.15) is 12.4 Å². The Hall–Kier alpha value is -2.41. The molecule has 1 fully saturated rings. The third kappa shape index (κ3) is 4.55. The second-order valence-electron chi connectivity index (χ2n) is 5.62. The van der Waals surface area contributed by atoms with Crippen LogP contribution in [0.25, 0.3) is 0 Å². The number of hydrogen-bond donors (Lipinski definition) is 1. The Bertz CT molecular complexity index is 696. The molecule has 2 aromatic rings. The van der Waals surface area contributed by atoms with E-state index in [2.05, 4.69) is 10.3 Å². The quantitative estimate of drug-likeness (QED) is 0.780. The van der Waals surface area contributed by atoms with Crippen molar-refractivity contribution < 1.29 is 19.1 Å². The molecule has 0 saturated heterocycles. The number of nitrogens with one attached hydrogen (secondary N) is 1. The van der Waals surface area contributed by atoms with Gasteiger partial charge in [0, 0.05) is 11.4 Å². The van der Waals surface area contributed by atoms with E-state index in [1.807, 2.05) is 5.38 Å². The molecule has 1 N–H and O–H groups in total. The minimum Gasteiger partial charge on any atom is -0.487 e. The Labute approximate surface area is 143 Å². The molecule has 0 bridgehead atoms. The first kappa shape index (κ1) is 16.4. The van der Waals surface area contributed by atoms with Crippen molar-refractivity contribution in [2.45, 2.75) is 38.5 Å². The van der Waals surface area contributed by atoms with Gasteiger partial charge in [0.2, 0.25) is 0 Å². The summed E-state index contributed by atoms with van der Waals surface area (Å²) in [5, 5.41) is 4.72. The van der Waals surface area contributed by atoms with Crippen LogP contribution in [0.15, 0.2) is 35.2 Å². The van der Waals surface area contributed by atoms with Crippen LogP contribution < -0.4 is 10.1 Å². The first-order chi connectivity index (χ1) is 11.6. The lowest BCUT2D eigenvalue weighted by atomic mass is 10.2. The topological polar surface area (TPSA) is 77.5 Å². The van der Waals surface area contributed by atoms with Gasteiger partial charge in [-0.3, -0.25) is 4.79 Å². The molecule has 126 valence electrons. The molecule has 1 atom stereocenters. The number of carbonyl (C=O) groups excluding carboxylic acids is 2. The maximum absolute atomic E-state index is 12.1. The lowest BCUT2D eigenvalue weighted by Crippen LogP contribution is -2.37. The van der Waals surface area contributed by atoms with Crippen LogP contribution in [0.5, 0.6) is 5.75 Å². The number of nitrogens with zero attached hydrogens (tertiary/aromatic N) is 1. The Morgan fingerprint density at radius 1 is 1.33 bits per heavy atom. The number of aromatic nitrogens is 1. The fraction of sp³-hybridized carbons (Fsp3) is 0.353. The summed E-state index contributed by atoms with van der Waals surface area (Å²) in [6.45, 7) is 1.95. The van der Waals surface area contributed by atoms with Gasteiger partial charge in [-0.1, -0.05) is 0 Å². The first-order valence-electron chi connectivity index (χ1n) is 7.73. The third-order valence-electron chi connectivity index (χ3n) is 3.54. The Balaban J connectivity index is 1.50. The van der Waals surface area contributed by atoms with Gasteiger partial charge in [-0.25, -0.2) is 9.78 Å². The zero-order valence-electron chi connectivity index (χ0n) is 13.2. The highest BCUT2D eigenvalue weighted by molar-refractivity contribution is 7.07. The number of amides is 1. The molecule has 1 amide bonds. The largest absolute Gasteiger partial charge is 0.487 e. The van der Waals surface area contributed by atoms with Gasteiger partial charge in [-0.15, -0.1) is 11.3 Å². The molecule has 6 nitrogen and oxygen atoms in total. The van der Waals surface area contributed by atoms with Crippen molar-refractivity contribution in [1.82, 2.24) is 10.3 Å². The Morgan fingerprint density at radius 3 is 2.71 bits per heavy atom. The van der Waals surface area contributed by atoms with Crippen molar-refractivity contribution >= 4 is 23.2 Å². The summed E-state index contributed by atoms with van der Waals surface area (Å²) in [5.74, 6) is -0.146. The third-order valence-corrected chi connectivity index (χ3v) is 4.17. The zero-order chi connectivity index (χ0) is 16.9. The fourth-order valence-corrected chi connectivity index (χ4v) is 2.52. The normalized spacial score (nSPS) is 14.7. The van der Waals surface area contributed by atoms with Crippen LogP contribution in [-0.4, -0.2) is 29.0 Å². The maximum atomic E-state index is 12.1. The average Bonchev–Trinajstić information content (AvgIpc) is 3.24. The molecule has 7 heteroatoms. The van der Waals surface area contributed by atoms with Gasteiger partial charge < -0.3 is 14.8 Å². The monoisotopic (exact) mass is 346 g/mol. The highest BCUT2D eigenvalue weighted by atomic mass is 32.1. The molecule has 0 unspecified atom stereocenters. The molecule has 1 aromatic heterocycles. The number of esters is 1. The SMILES string of the molecule is C[C@H](OC(=O)c1ccc(OCc2cscn2)cc1)C(=O)NC1CC1. The van der Waals surface area contributed by atoms with E-state index in [4.69, 9.17) is 9.47 Å². The van der Waals surface area contributed by atoms with E-state index >= 15 is 0 Å². The average molecular weight is 346 g/mol. The van der Waals surface area contributed by atoms with Gasteiger partial charge >= 0.3 is 5.97 Å². The van der Waals surface area contributed by atoms with Gasteiger partial charge in [0.25, 0.3) is 5.91 Å². The van der Waals surface area contributed by atoms with E-state index in [1.54, 1.807) is 36.7 Å². The minimum atomic E-state index is -0.807. The molecule has 1 heterocycles. The van der Waals surface area contributed by atoms with Crippen molar-refractivity contribution in [2.24, 2.45) is 0 Å². The summed E-state index contributed by atoms with van der Waals surface area (Å²) in [6, 6.07) is 6.86. The maximum Gasteiger partial charge on any atom is 0.338 e. The van der Waals surface area contributed by atoms with Crippen LogP contribution >= 0.6 is 11.3 Å². The van der Waals surface area contributed by atoms with Crippen LogP contribution in [0.2, 0.25) is 0 Å². The van der Waals surface area contributed by atoms with Gasteiger partial charge in [-0.2, -0.15) is 0 Å².